The van der Waals surface area contributed by atoms with Crippen LogP contribution in [0.3, 0.4) is 0 Å². The molecule has 1 aliphatic heterocycles. The zero-order valence-corrected chi connectivity index (χ0v) is 20.7. The maximum Gasteiger partial charge on any atom is 0.410 e. The van der Waals surface area contributed by atoms with Gasteiger partial charge in [-0.2, -0.15) is 0 Å². The first-order valence-electron chi connectivity index (χ1n) is 12.2. The molecule has 0 radical (unpaired) electrons. The minimum Gasteiger partial charge on any atom is -0.465 e. The zero-order valence-electron chi connectivity index (χ0n) is 20.7. The molecule has 2 aromatic carbocycles. The van der Waals surface area contributed by atoms with Crippen LogP contribution in [0.15, 0.2) is 54.6 Å². The van der Waals surface area contributed by atoms with Crippen molar-refractivity contribution in [1.29, 1.82) is 0 Å². The Hall–Kier alpha value is -2.86. The second-order valence-electron chi connectivity index (χ2n) is 10.4. The predicted octanol–water partition coefficient (Wildman–Crippen LogP) is 5.23. The fraction of sp³-hybridized carbons (Fsp3) is 0.500. The van der Waals surface area contributed by atoms with Crippen molar-refractivity contribution < 1.29 is 19.1 Å². The lowest BCUT2D eigenvalue weighted by atomic mass is 10.0. The van der Waals surface area contributed by atoms with Gasteiger partial charge in [0.05, 0.1) is 12.7 Å². The van der Waals surface area contributed by atoms with E-state index in [1.54, 1.807) is 0 Å². The van der Waals surface area contributed by atoms with Gasteiger partial charge >= 0.3 is 12.1 Å². The molecular formula is C28H36N2O4. The number of hydrogen-bond donors (Lipinski definition) is 0. The molecule has 0 aromatic heterocycles. The summed E-state index contributed by atoms with van der Waals surface area (Å²) in [6, 6.07) is 18.5. The van der Waals surface area contributed by atoms with Gasteiger partial charge in [0, 0.05) is 37.6 Å². The number of likely N-dealkylation sites (tertiary alicyclic amines) is 1. The summed E-state index contributed by atoms with van der Waals surface area (Å²) < 4.78 is 10.6. The zero-order chi connectivity index (χ0) is 24.3. The van der Waals surface area contributed by atoms with Gasteiger partial charge in [-0.1, -0.05) is 42.5 Å². The lowest BCUT2D eigenvalue weighted by Crippen LogP contribution is -2.50. The molecule has 2 atom stereocenters. The molecule has 0 spiro atoms. The Kier molecular flexibility index (Phi) is 7.27. The van der Waals surface area contributed by atoms with Crippen molar-refractivity contribution in [1.82, 2.24) is 9.80 Å². The smallest absolute Gasteiger partial charge is 0.410 e. The third kappa shape index (κ3) is 5.98. The van der Waals surface area contributed by atoms with E-state index in [-0.39, 0.29) is 24.1 Å². The highest BCUT2D eigenvalue weighted by molar-refractivity contribution is 5.89. The molecule has 6 nitrogen and oxygen atoms in total. The van der Waals surface area contributed by atoms with Gasteiger partial charge < -0.3 is 14.4 Å². The summed E-state index contributed by atoms with van der Waals surface area (Å²) in [4.78, 5) is 29.4. The number of ether oxygens (including phenoxy) is 2. The van der Waals surface area contributed by atoms with Crippen LogP contribution >= 0.6 is 0 Å². The molecule has 6 heteroatoms. The van der Waals surface area contributed by atoms with Crippen LogP contribution in [0.2, 0.25) is 0 Å². The summed E-state index contributed by atoms with van der Waals surface area (Å²) in [6.45, 7) is 8.46. The molecule has 2 aliphatic rings. The van der Waals surface area contributed by atoms with Gasteiger partial charge in [-0.05, 0) is 63.3 Å². The highest BCUT2D eigenvalue weighted by Crippen LogP contribution is 2.46. The van der Waals surface area contributed by atoms with Gasteiger partial charge in [-0.15, -0.1) is 0 Å². The Balaban J connectivity index is 1.38. The number of hydrogen-bond acceptors (Lipinski definition) is 5. The Labute approximate surface area is 202 Å². The maximum atomic E-state index is 13.3. The van der Waals surface area contributed by atoms with Gasteiger partial charge in [-0.25, -0.2) is 9.59 Å². The summed E-state index contributed by atoms with van der Waals surface area (Å²) in [5.41, 5.74) is 2.52. The van der Waals surface area contributed by atoms with Crippen molar-refractivity contribution in [3.8, 4) is 0 Å². The molecule has 1 heterocycles. The van der Waals surface area contributed by atoms with Crippen molar-refractivity contribution >= 4 is 12.1 Å². The first-order chi connectivity index (χ1) is 16.2. The van der Waals surface area contributed by atoms with E-state index in [2.05, 4.69) is 29.2 Å². The van der Waals surface area contributed by atoms with Crippen molar-refractivity contribution in [2.45, 2.75) is 70.2 Å². The molecule has 2 aromatic rings. The quantitative estimate of drug-likeness (QED) is 0.548. The van der Waals surface area contributed by atoms with Gasteiger partial charge in [0.25, 0.3) is 0 Å². The van der Waals surface area contributed by atoms with E-state index in [0.29, 0.717) is 11.5 Å². The lowest BCUT2D eigenvalue weighted by molar-refractivity contribution is 0.00486. The van der Waals surface area contributed by atoms with Crippen LogP contribution in [-0.2, 0) is 16.0 Å². The standard InChI is InChI=1S/C28H36N2O4/c1-28(2,3)34-27(32)30(25-18-24(25)21-8-6-5-7-9-21)23-14-16-29(17-15-23)19-20-10-12-22(13-11-20)26(31)33-4/h5-13,23-25H,14-19H2,1-4H3. The third-order valence-electron chi connectivity index (χ3n) is 6.68. The summed E-state index contributed by atoms with van der Waals surface area (Å²) in [5, 5.41) is 0. The monoisotopic (exact) mass is 464 g/mol. The number of nitrogens with zero attached hydrogens (tertiary/aromatic N) is 2. The van der Waals surface area contributed by atoms with Crippen molar-refractivity contribution in [3.05, 3.63) is 71.3 Å². The van der Waals surface area contributed by atoms with E-state index in [1.165, 1.54) is 18.2 Å². The van der Waals surface area contributed by atoms with E-state index in [4.69, 9.17) is 9.47 Å². The molecular weight excluding hydrogens is 428 g/mol. The van der Waals surface area contributed by atoms with Crippen LogP contribution in [0.1, 0.15) is 67.4 Å². The van der Waals surface area contributed by atoms with E-state index in [9.17, 15) is 9.59 Å². The van der Waals surface area contributed by atoms with Crippen LogP contribution in [0.4, 0.5) is 4.79 Å². The third-order valence-corrected chi connectivity index (χ3v) is 6.68. The van der Waals surface area contributed by atoms with Crippen molar-refractivity contribution in [2.75, 3.05) is 20.2 Å². The lowest BCUT2D eigenvalue weighted by Gasteiger charge is -2.39. The van der Waals surface area contributed by atoms with Gasteiger partial charge in [-0.3, -0.25) is 4.90 Å². The molecule has 0 bridgehead atoms. The maximum absolute atomic E-state index is 13.3. The van der Waals surface area contributed by atoms with Gasteiger partial charge in [0.15, 0.2) is 0 Å². The Bertz CT molecular complexity index is 976. The number of amides is 1. The molecule has 0 N–H and O–H groups in total. The van der Waals surface area contributed by atoms with E-state index in [1.807, 2.05) is 56.0 Å². The van der Waals surface area contributed by atoms with Gasteiger partial charge in [0.1, 0.15) is 5.60 Å². The number of benzene rings is 2. The Morgan fingerprint density at radius 2 is 1.65 bits per heavy atom. The largest absolute Gasteiger partial charge is 0.465 e. The van der Waals surface area contributed by atoms with Crippen molar-refractivity contribution in [2.24, 2.45) is 0 Å². The van der Waals surface area contributed by atoms with Gasteiger partial charge in [0.2, 0.25) is 0 Å². The molecule has 34 heavy (non-hydrogen) atoms. The van der Waals surface area contributed by atoms with Crippen LogP contribution in [0.5, 0.6) is 0 Å². The molecule has 2 fully saturated rings. The molecule has 2 unspecified atom stereocenters. The average Bonchev–Trinajstić information content (AvgIpc) is 3.60. The minimum atomic E-state index is -0.510. The van der Waals surface area contributed by atoms with Crippen LogP contribution in [-0.4, -0.2) is 59.7 Å². The SMILES string of the molecule is COC(=O)c1ccc(CN2CCC(N(C(=O)OC(C)(C)C)C3CC3c3ccccc3)CC2)cc1. The summed E-state index contributed by atoms with van der Waals surface area (Å²) in [5.74, 6) is 0.0727. The molecule has 1 amide bonds. The second-order valence-corrected chi connectivity index (χ2v) is 10.4. The molecule has 4 rings (SSSR count). The van der Waals surface area contributed by atoms with Crippen LogP contribution < -0.4 is 0 Å². The number of rotatable bonds is 6. The minimum absolute atomic E-state index is 0.187. The highest BCUT2D eigenvalue weighted by atomic mass is 16.6. The highest BCUT2D eigenvalue weighted by Gasteiger charge is 2.48. The van der Waals surface area contributed by atoms with E-state index >= 15 is 0 Å². The average molecular weight is 465 g/mol. The summed E-state index contributed by atoms with van der Waals surface area (Å²) in [6.07, 6.45) is 2.66. The fourth-order valence-electron chi connectivity index (χ4n) is 4.90. The molecule has 1 aliphatic carbocycles. The molecule has 182 valence electrons. The molecule has 1 saturated heterocycles. The van der Waals surface area contributed by atoms with Crippen LogP contribution in [0, 0.1) is 0 Å². The van der Waals surface area contributed by atoms with E-state index < -0.39 is 5.60 Å². The van der Waals surface area contributed by atoms with Crippen molar-refractivity contribution in [3.63, 3.8) is 0 Å². The number of esters is 1. The first-order valence-corrected chi connectivity index (χ1v) is 12.2. The van der Waals surface area contributed by atoms with E-state index in [0.717, 1.165) is 38.9 Å². The summed E-state index contributed by atoms with van der Waals surface area (Å²) in [7, 11) is 1.39. The number of methoxy groups -OCH3 is 1. The predicted molar refractivity (Wildman–Crippen MR) is 132 cm³/mol. The summed E-state index contributed by atoms with van der Waals surface area (Å²) >= 11 is 0. The first kappa shape index (κ1) is 24.3. The Morgan fingerprint density at radius 1 is 1.00 bits per heavy atom. The topological polar surface area (TPSA) is 59.1 Å². The van der Waals surface area contributed by atoms with Crippen LogP contribution in [0.25, 0.3) is 0 Å². The Morgan fingerprint density at radius 3 is 2.24 bits per heavy atom. The number of carbonyl (C=O) groups excluding carboxylic acids is 2. The number of carbonyl (C=O) groups is 2. The second kappa shape index (κ2) is 10.2. The number of piperidine rings is 1. The fourth-order valence-corrected chi connectivity index (χ4v) is 4.90. The normalized spacial score (nSPS) is 21.1. The molecule has 1 saturated carbocycles.